The molecule has 1 atom stereocenters. The van der Waals surface area contributed by atoms with Crippen LogP contribution in [-0.2, 0) is 4.79 Å². The number of aryl methyl sites for hydroxylation is 1. The number of anilines is 1. The summed E-state index contributed by atoms with van der Waals surface area (Å²) in [4.78, 5) is 28.7. The lowest BCUT2D eigenvalue weighted by Gasteiger charge is -2.26. The maximum absolute atomic E-state index is 12.9. The number of carbonyl (C=O) groups excluding carboxylic acids is 2. The van der Waals surface area contributed by atoms with Crippen LogP contribution in [-0.4, -0.2) is 27.8 Å². The predicted molar refractivity (Wildman–Crippen MR) is 101 cm³/mol. The number of para-hydroxylation sites is 1. The summed E-state index contributed by atoms with van der Waals surface area (Å²) in [7, 11) is 0. The highest BCUT2D eigenvalue weighted by Gasteiger charge is 2.24. The number of hydrogen-bond acceptors (Lipinski definition) is 4. The Morgan fingerprint density at radius 2 is 2.07 bits per heavy atom. The Kier molecular flexibility index (Phi) is 4.27. The number of amides is 2. The molecule has 27 heavy (non-hydrogen) atoms. The van der Waals surface area contributed by atoms with Crippen LogP contribution in [0.15, 0.2) is 42.6 Å². The molecule has 0 spiro atoms. The summed E-state index contributed by atoms with van der Waals surface area (Å²) in [5.41, 5.74) is 2.83. The van der Waals surface area contributed by atoms with Crippen molar-refractivity contribution in [2.24, 2.45) is 0 Å². The molecule has 138 valence electrons. The van der Waals surface area contributed by atoms with Crippen LogP contribution < -0.4 is 15.4 Å². The Labute approximate surface area is 156 Å². The van der Waals surface area contributed by atoms with E-state index in [4.69, 9.17) is 4.74 Å². The van der Waals surface area contributed by atoms with Gasteiger partial charge in [-0.2, -0.15) is 0 Å². The molecule has 3 heterocycles. The molecule has 7 heteroatoms. The van der Waals surface area contributed by atoms with Gasteiger partial charge in [-0.3, -0.25) is 9.59 Å². The van der Waals surface area contributed by atoms with Gasteiger partial charge in [-0.25, -0.2) is 4.98 Å². The van der Waals surface area contributed by atoms with E-state index in [1.807, 2.05) is 41.8 Å². The molecule has 7 nitrogen and oxygen atoms in total. The Morgan fingerprint density at radius 1 is 1.26 bits per heavy atom. The number of hydrogen-bond donors (Lipinski definition) is 2. The second-order valence-electron chi connectivity index (χ2n) is 6.59. The van der Waals surface area contributed by atoms with Gasteiger partial charge in [-0.15, -0.1) is 0 Å². The zero-order valence-corrected chi connectivity index (χ0v) is 15.2. The van der Waals surface area contributed by atoms with Crippen molar-refractivity contribution in [2.75, 3.05) is 11.9 Å². The number of benzene rings is 1. The molecule has 4 rings (SSSR count). The van der Waals surface area contributed by atoms with Gasteiger partial charge >= 0.3 is 0 Å². The number of ether oxygens (including phenoxy) is 1. The van der Waals surface area contributed by atoms with Gasteiger partial charge in [-0.1, -0.05) is 18.2 Å². The highest BCUT2D eigenvalue weighted by molar-refractivity contribution is 6.00. The molecule has 0 radical (unpaired) electrons. The number of aromatic nitrogens is 2. The highest BCUT2D eigenvalue weighted by atomic mass is 16.5. The third-order valence-corrected chi connectivity index (χ3v) is 4.62. The number of fused-ring (bicyclic) bond motifs is 2. The standard InChI is InChI=1S/C20H20N4O3/c1-12-11-18(21-13(2)25)23-19-15(7-9-24(12)19)20(26)22-16-8-10-27-17-6-4-3-5-14(16)17/h3-7,9,11,16H,8,10H2,1-2H3,(H,22,26)(H,21,23,25). The number of carbonyl (C=O) groups is 2. The highest BCUT2D eigenvalue weighted by Crippen LogP contribution is 2.32. The molecular formula is C20H20N4O3. The first-order valence-electron chi connectivity index (χ1n) is 8.82. The van der Waals surface area contributed by atoms with Gasteiger partial charge in [0.05, 0.1) is 18.2 Å². The van der Waals surface area contributed by atoms with E-state index in [1.54, 1.807) is 12.1 Å². The summed E-state index contributed by atoms with van der Waals surface area (Å²) in [5, 5.41) is 5.77. The smallest absolute Gasteiger partial charge is 0.255 e. The van der Waals surface area contributed by atoms with E-state index in [0.717, 1.165) is 17.0 Å². The van der Waals surface area contributed by atoms with Gasteiger partial charge < -0.3 is 19.8 Å². The Hall–Kier alpha value is -3.35. The molecule has 0 saturated carbocycles. The van der Waals surface area contributed by atoms with Crippen molar-refractivity contribution < 1.29 is 14.3 Å². The van der Waals surface area contributed by atoms with E-state index in [2.05, 4.69) is 15.6 Å². The monoisotopic (exact) mass is 364 g/mol. The van der Waals surface area contributed by atoms with E-state index in [0.29, 0.717) is 30.1 Å². The molecule has 1 aromatic carbocycles. The van der Waals surface area contributed by atoms with Crippen molar-refractivity contribution >= 4 is 23.3 Å². The first-order valence-corrected chi connectivity index (χ1v) is 8.82. The van der Waals surface area contributed by atoms with Crippen LogP contribution >= 0.6 is 0 Å². The second-order valence-corrected chi connectivity index (χ2v) is 6.59. The van der Waals surface area contributed by atoms with Crippen LogP contribution in [0.4, 0.5) is 5.82 Å². The zero-order chi connectivity index (χ0) is 19.0. The Morgan fingerprint density at radius 3 is 2.89 bits per heavy atom. The van der Waals surface area contributed by atoms with Crippen molar-refractivity contribution in [2.45, 2.75) is 26.3 Å². The maximum atomic E-state index is 12.9. The van der Waals surface area contributed by atoms with E-state index < -0.39 is 0 Å². The minimum atomic E-state index is -0.206. The van der Waals surface area contributed by atoms with Crippen molar-refractivity contribution in [3.63, 3.8) is 0 Å². The molecule has 2 amide bonds. The number of nitrogens with zero attached hydrogens (tertiary/aromatic N) is 2. The van der Waals surface area contributed by atoms with Crippen molar-refractivity contribution in [1.29, 1.82) is 0 Å². The van der Waals surface area contributed by atoms with E-state index in [9.17, 15) is 9.59 Å². The molecule has 1 unspecified atom stereocenters. The predicted octanol–water partition coefficient (Wildman–Crippen LogP) is 2.85. The molecular weight excluding hydrogens is 344 g/mol. The largest absolute Gasteiger partial charge is 0.493 e. The van der Waals surface area contributed by atoms with Gasteiger partial charge in [0.25, 0.3) is 5.91 Å². The summed E-state index contributed by atoms with van der Waals surface area (Å²) in [6, 6.07) is 11.1. The second kappa shape index (κ2) is 6.75. The Balaban J connectivity index is 1.65. The third kappa shape index (κ3) is 3.23. The van der Waals surface area contributed by atoms with Crippen molar-refractivity contribution in [1.82, 2.24) is 14.7 Å². The van der Waals surface area contributed by atoms with Gasteiger partial charge in [0, 0.05) is 36.9 Å². The third-order valence-electron chi connectivity index (χ3n) is 4.62. The average Bonchev–Trinajstić information content (AvgIpc) is 3.06. The lowest BCUT2D eigenvalue weighted by Crippen LogP contribution is -2.32. The van der Waals surface area contributed by atoms with E-state index >= 15 is 0 Å². The molecule has 1 aliphatic heterocycles. The minimum Gasteiger partial charge on any atom is -0.493 e. The summed E-state index contributed by atoms with van der Waals surface area (Å²) in [6.07, 6.45) is 2.51. The SMILES string of the molecule is CC(=O)Nc1cc(C)n2ccc(C(=O)NC3CCOc4ccccc43)c2n1. The van der Waals surface area contributed by atoms with E-state index in [-0.39, 0.29) is 17.9 Å². The quantitative estimate of drug-likeness (QED) is 0.748. The minimum absolute atomic E-state index is 0.114. The lowest BCUT2D eigenvalue weighted by atomic mass is 10.0. The van der Waals surface area contributed by atoms with Crippen LogP contribution in [0, 0.1) is 6.92 Å². The van der Waals surface area contributed by atoms with Crippen LogP contribution in [0.1, 0.15) is 41.0 Å². The molecule has 2 N–H and O–H groups in total. The normalized spacial score (nSPS) is 15.7. The van der Waals surface area contributed by atoms with Crippen LogP contribution in [0.25, 0.3) is 5.65 Å². The first-order chi connectivity index (χ1) is 13.0. The number of rotatable bonds is 3. The zero-order valence-electron chi connectivity index (χ0n) is 15.2. The summed E-state index contributed by atoms with van der Waals surface area (Å²) >= 11 is 0. The maximum Gasteiger partial charge on any atom is 0.255 e. The molecule has 0 bridgehead atoms. The Bertz CT molecular complexity index is 1040. The fourth-order valence-corrected chi connectivity index (χ4v) is 3.39. The fraction of sp³-hybridized carbons (Fsp3) is 0.250. The van der Waals surface area contributed by atoms with Crippen molar-refractivity contribution in [3.05, 3.63) is 59.4 Å². The lowest BCUT2D eigenvalue weighted by molar-refractivity contribution is -0.114. The van der Waals surface area contributed by atoms with Gasteiger partial charge in [-0.05, 0) is 19.1 Å². The van der Waals surface area contributed by atoms with Crippen LogP contribution in [0.3, 0.4) is 0 Å². The van der Waals surface area contributed by atoms with Gasteiger partial charge in [0.2, 0.25) is 5.91 Å². The molecule has 0 saturated heterocycles. The molecule has 1 aliphatic rings. The topological polar surface area (TPSA) is 84.7 Å². The molecule has 0 fully saturated rings. The molecule has 3 aromatic rings. The van der Waals surface area contributed by atoms with Gasteiger partial charge in [0.1, 0.15) is 11.6 Å². The van der Waals surface area contributed by atoms with Crippen LogP contribution in [0.2, 0.25) is 0 Å². The fourth-order valence-electron chi connectivity index (χ4n) is 3.39. The first kappa shape index (κ1) is 17.1. The number of nitrogens with one attached hydrogen (secondary N) is 2. The summed E-state index contributed by atoms with van der Waals surface area (Å²) in [6.45, 7) is 3.88. The van der Waals surface area contributed by atoms with E-state index in [1.165, 1.54) is 6.92 Å². The summed E-state index contributed by atoms with van der Waals surface area (Å²) in [5.74, 6) is 0.822. The molecule has 2 aromatic heterocycles. The summed E-state index contributed by atoms with van der Waals surface area (Å²) < 4.78 is 7.49. The molecule has 0 aliphatic carbocycles. The average molecular weight is 364 g/mol. The van der Waals surface area contributed by atoms with Crippen LogP contribution in [0.5, 0.6) is 5.75 Å². The van der Waals surface area contributed by atoms with Gasteiger partial charge in [0.15, 0.2) is 5.65 Å². The van der Waals surface area contributed by atoms with Crippen molar-refractivity contribution in [3.8, 4) is 5.75 Å².